The van der Waals surface area contributed by atoms with E-state index in [0.29, 0.717) is 0 Å². The Hall–Kier alpha value is -4.04. The fourth-order valence-corrected chi connectivity index (χ4v) is 4.90. The van der Waals surface area contributed by atoms with E-state index >= 15 is 0 Å². The molecule has 8 N–H and O–H groups in total. The van der Waals surface area contributed by atoms with E-state index in [1.807, 2.05) is 6.04 Å². The van der Waals surface area contributed by atoms with Gasteiger partial charge in [0.2, 0.25) is 21.0 Å². The first-order valence-electron chi connectivity index (χ1n) is 8.38. The number of benzene rings is 2. The number of guanidine groups is 1. The van der Waals surface area contributed by atoms with Gasteiger partial charge in [0.05, 0.1) is 10.6 Å². The van der Waals surface area contributed by atoms with E-state index in [4.69, 9.17) is 16.9 Å². The van der Waals surface area contributed by atoms with Crippen LogP contribution >= 0.6 is 0 Å². The number of carboxylic acids is 1. The normalized spacial score (nSPS) is 12.5. The molecule has 0 aliphatic heterocycles. The summed E-state index contributed by atoms with van der Waals surface area (Å²) in [5.41, 5.74) is 10.5. The van der Waals surface area contributed by atoms with Crippen molar-refractivity contribution >= 4 is 39.6 Å². The molecule has 0 aromatic heterocycles. The summed E-state index contributed by atoms with van der Waals surface area (Å²) >= 11 is 0. The van der Waals surface area contributed by atoms with Gasteiger partial charge in [0.1, 0.15) is 0 Å². The lowest BCUT2D eigenvalue weighted by Crippen LogP contribution is -2.44. The van der Waals surface area contributed by atoms with Crippen LogP contribution in [-0.2, 0) is 24.2 Å². The van der Waals surface area contributed by atoms with Gasteiger partial charge in [-0.25, -0.2) is 8.42 Å². The maximum Gasteiger partial charge on any atom is 0.331 e. The highest BCUT2D eigenvalue weighted by atomic mass is 32.2. The highest BCUT2D eigenvalue weighted by Gasteiger charge is 2.53. The fraction of sp³-hybridized carbons (Fsp3) is 0.105. The van der Waals surface area contributed by atoms with Crippen LogP contribution in [0.3, 0.4) is 0 Å². The number of para-hydroxylation sites is 1. The summed E-state index contributed by atoms with van der Waals surface area (Å²) in [6.45, 7) is 0. The van der Waals surface area contributed by atoms with E-state index in [9.17, 15) is 23.1 Å². The van der Waals surface area contributed by atoms with Crippen molar-refractivity contribution in [3.05, 3.63) is 54.1 Å². The maximum absolute atomic E-state index is 13.7. The molecule has 0 saturated heterocycles. The van der Waals surface area contributed by atoms with Crippen molar-refractivity contribution in [1.82, 2.24) is 0 Å². The van der Waals surface area contributed by atoms with Crippen molar-refractivity contribution in [2.24, 2.45) is 11.5 Å². The number of carbonyl (C=O) groups is 2. The number of anilines is 2. The molecular weight excluding hydrogens is 410 g/mol. The van der Waals surface area contributed by atoms with Crippen LogP contribution in [0, 0.1) is 17.4 Å². The van der Waals surface area contributed by atoms with Crippen molar-refractivity contribution in [3.8, 4) is 12.0 Å². The minimum absolute atomic E-state index is 0.0863. The van der Waals surface area contributed by atoms with Gasteiger partial charge in [-0.1, -0.05) is 30.2 Å². The van der Waals surface area contributed by atoms with Crippen LogP contribution in [-0.4, -0.2) is 31.9 Å². The van der Waals surface area contributed by atoms with Gasteiger partial charge in [-0.05, 0) is 29.8 Å². The number of rotatable bonds is 8. The molecule has 2 aromatic carbocycles. The number of hydrogen-bond donors (Lipinski definition) is 6. The molecule has 156 valence electrons. The van der Waals surface area contributed by atoms with Crippen LogP contribution in [0.1, 0.15) is 12.0 Å². The standard InChI is InChI=1S/C19H19N5O5S/c20-10-4-9-19(17(26)27,13-5-3-6-14(11-13)24-18(21)22)30(28,29)16-8-2-1-7-15(16)23-12-25/h1-3,5-8,11-12H,9,20H2,(H,23,25)(H,26,27)(H4,21,22,24). The quantitative estimate of drug-likeness (QED) is 0.116. The Morgan fingerprint density at radius 3 is 2.53 bits per heavy atom. The van der Waals surface area contributed by atoms with E-state index in [1.165, 1.54) is 48.5 Å². The van der Waals surface area contributed by atoms with Crippen LogP contribution < -0.4 is 22.1 Å². The van der Waals surface area contributed by atoms with Crippen LogP contribution in [0.25, 0.3) is 0 Å². The number of carboxylic acid groups (broad SMARTS) is 1. The molecule has 30 heavy (non-hydrogen) atoms. The molecular formula is C19H19N5O5S. The molecule has 0 aliphatic carbocycles. The van der Waals surface area contributed by atoms with Gasteiger partial charge in [-0.3, -0.25) is 15.0 Å². The third kappa shape index (κ3) is 4.03. The van der Waals surface area contributed by atoms with Gasteiger partial charge >= 0.3 is 5.97 Å². The molecule has 1 amide bonds. The lowest BCUT2D eigenvalue weighted by atomic mass is 9.94. The summed E-state index contributed by atoms with van der Waals surface area (Å²) < 4.78 is 24.8. The van der Waals surface area contributed by atoms with Crippen LogP contribution in [0.4, 0.5) is 11.4 Å². The summed E-state index contributed by atoms with van der Waals surface area (Å²) in [5, 5.41) is 22.2. The van der Waals surface area contributed by atoms with E-state index in [0.717, 1.165) is 0 Å². The van der Waals surface area contributed by atoms with Crippen molar-refractivity contribution in [3.63, 3.8) is 0 Å². The first kappa shape index (κ1) is 22.3. The summed E-state index contributed by atoms with van der Waals surface area (Å²) in [5.74, 6) is 0.240. The molecule has 0 heterocycles. The first-order chi connectivity index (χ1) is 14.2. The van der Waals surface area contributed by atoms with Crippen molar-refractivity contribution < 1.29 is 23.1 Å². The minimum atomic E-state index is -4.68. The smallest absolute Gasteiger partial charge is 0.331 e. The second kappa shape index (κ2) is 8.97. The second-order valence-corrected chi connectivity index (χ2v) is 8.15. The molecule has 0 saturated carbocycles. The average Bonchev–Trinajstić information content (AvgIpc) is 2.68. The molecule has 11 heteroatoms. The molecule has 0 radical (unpaired) electrons. The number of sulfone groups is 1. The average molecular weight is 429 g/mol. The molecule has 2 aromatic rings. The molecule has 0 spiro atoms. The number of hydrogen-bond acceptors (Lipinski definition) is 6. The number of amides is 1. The molecule has 10 nitrogen and oxygen atoms in total. The van der Waals surface area contributed by atoms with Gasteiger partial charge in [0.25, 0.3) is 0 Å². The topological polar surface area (TPSA) is 188 Å². The van der Waals surface area contributed by atoms with Crippen molar-refractivity contribution in [2.45, 2.75) is 16.1 Å². The number of nitrogens with two attached hydrogens (primary N) is 2. The van der Waals surface area contributed by atoms with Crippen molar-refractivity contribution in [1.29, 1.82) is 5.41 Å². The number of nitrogens with one attached hydrogen (secondary N) is 3. The third-order valence-corrected chi connectivity index (χ3v) is 6.65. The van der Waals surface area contributed by atoms with E-state index < -0.39 is 37.8 Å². The van der Waals surface area contributed by atoms with Crippen LogP contribution in [0.15, 0.2) is 53.4 Å². The predicted molar refractivity (Wildman–Crippen MR) is 111 cm³/mol. The molecule has 0 fully saturated rings. The summed E-state index contributed by atoms with van der Waals surface area (Å²) in [7, 11) is -4.68. The van der Waals surface area contributed by atoms with E-state index in [1.54, 1.807) is 0 Å². The van der Waals surface area contributed by atoms with E-state index in [-0.39, 0.29) is 23.3 Å². The summed E-state index contributed by atoms with van der Waals surface area (Å²) in [4.78, 5) is 23.0. The molecule has 0 aliphatic rings. The highest BCUT2D eigenvalue weighted by molar-refractivity contribution is 7.93. The number of aliphatic carboxylic acids is 1. The minimum Gasteiger partial charge on any atom is -0.480 e. The third-order valence-electron chi connectivity index (χ3n) is 4.24. The SMILES string of the molecule is N=C(N)Nc1cccc(C(CC#CN)(C(=O)O)S(=O)(=O)c2ccccc2NC=O)c1. The Balaban J connectivity index is 2.87. The number of carbonyl (C=O) groups excluding carboxylic acids is 1. The fourth-order valence-electron chi connectivity index (χ4n) is 2.92. The zero-order chi connectivity index (χ0) is 22.4. The van der Waals surface area contributed by atoms with Crippen LogP contribution in [0.5, 0.6) is 0 Å². The lowest BCUT2D eigenvalue weighted by molar-refractivity contribution is -0.140. The monoisotopic (exact) mass is 429 g/mol. The summed E-state index contributed by atoms with van der Waals surface area (Å²) in [6, 6.07) is 12.9. The van der Waals surface area contributed by atoms with Gasteiger partial charge < -0.3 is 27.2 Å². The maximum atomic E-state index is 13.7. The van der Waals surface area contributed by atoms with Gasteiger partial charge in [0.15, 0.2) is 5.96 Å². The molecule has 2 rings (SSSR count). The Labute approximate surface area is 172 Å². The molecule has 1 atom stereocenters. The second-order valence-electron chi connectivity index (χ2n) is 6.01. The molecule has 1 unspecified atom stereocenters. The van der Waals surface area contributed by atoms with Crippen LogP contribution in [0.2, 0.25) is 0 Å². The van der Waals surface area contributed by atoms with Gasteiger partial charge in [-0.2, -0.15) is 0 Å². The van der Waals surface area contributed by atoms with Gasteiger partial charge in [0, 0.05) is 18.2 Å². The molecule has 0 bridgehead atoms. The lowest BCUT2D eigenvalue weighted by Gasteiger charge is -2.29. The Kier molecular flexibility index (Phi) is 6.66. The highest BCUT2D eigenvalue weighted by Crippen LogP contribution is 2.42. The zero-order valence-electron chi connectivity index (χ0n) is 15.5. The largest absolute Gasteiger partial charge is 0.480 e. The zero-order valence-corrected chi connectivity index (χ0v) is 16.4. The Morgan fingerprint density at radius 1 is 1.23 bits per heavy atom. The predicted octanol–water partition coefficient (Wildman–Crippen LogP) is 0.624. The van der Waals surface area contributed by atoms with Gasteiger partial charge in [-0.15, -0.1) is 0 Å². The van der Waals surface area contributed by atoms with Crippen molar-refractivity contribution in [2.75, 3.05) is 10.6 Å². The first-order valence-corrected chi connectivity index (χ1v) is 9.86. The Morgan fingerprint density at radius 2 is 1.93 bits per heavy atom. The van der Waals surface area contributed by atoms with E-state index in [2.05, 4.69) is 16.6 Å². The summed E-state index contributed by atoms with van der Waals surface area (Å²) in [6.07, 6.45) is -0.381. The Bertz CT molecular complexity index is 1150.